The lowest BCUT2D eigenvalue weighted by atomic mass is 10.0. The first-order valence-electron chi connectivity index (χ1n) is 5.33. The van der Waals surface area contributed by atoms with Gasteiger partial charge in [0.15, 0.2) is 0 Å². The molecular formula is C11H16O4S. The topological polar surface area (TPSA) is 52.6 Å². The Bertz CT molecular complexity index is 298. The van der Waals surface area contributed by atoms with Crippen LogP contribution in [0.2, 0.25) is 0 Å². The molecule has 90 valence electrons. The zero-order chi connectivity index (χ0) is 12.0. The smallest absolute Gasteiger partial charge is 0.334 e. The van der Waals surface area contributed by atoms with Gasteiger partial charge in [-0.25, -0.2) is 4.79 Å². The van der Waals surface area contributed by atoms with Crippen LogP contribution in [-0.2, 0) is 19.1 Å². The fourth-order valence-electron chi connectivity index (χ4n) is 1.40. The molecular weight excluding hydrogens is 228 g/mol. The molecule has 0 radical (unpaired) electrons. The highest BCUT2D eigenvalue weighted by molar-refractivity contribution is 8.02. The van der Waals surface area contributed by atoms with Crippen molar-refractivity contribution in [2.45, 2.75) is 20.3 Å². The SMILES string of the molecule is CCOC(=O)C1=CSC[C@@H](C(=O)OCC)C1. The van der Waals surface area contributed by atoms with E-state index in [2.05, 4.69) is 0 Å². The summed E-state index contributed by atoms with van der Waals surface area (Å²) in [5.41, 5.74) is 0.566. The summed E-state index contributed by atoms with van der Waals surface area (Å²) >= 11 is 1.46. The van der Waals surface area contributed by atoms with Crippen LogP contribution in [0.25, 0.3) is 0 Å². The van der Waals surface area contributed by atoms with Crippen LogP contribution in [0.3, 0.4) is 0 Å². The molecule has 0 saturated heterocycles. The van der Waals surface area contributed by atoms with Gasteiger partial charge in [-0.1, -0.05) is 0 Å². The first-order chi connectivity index (χ1) is 7.69. The Kier molecular flexibility index (Phi) is 5.38. The van der Waals surface area contributed by atoms with Gasteiger partial charge in [0.05, 0.1) is 19.1 Å². The summed E-state index contributed by atoms with van der Waals surface area (Å²) in [6, 6.07) is 0. The van der Waals surface area contributed by atoms with Crippen molar-refractivity contribution < 1.29 is 19.1 Å². The summed E-state index contributed by atoms with van der Waals surface area (Å²) in [5.74, 6) is -0.120. The number of ether oxygens (including phenoxy) is 2. The maximum atomic E-state index is 11.5. The maximum absolute atomic E-state index is 11.5. The predicted octanol–water partition coefficient (Wildman–Crippen LogP) is 1.75. The minimum Gasteiger partial charge on any atom is -0.466 e. The minimum absolute atomic E-state index is 0.227. The Morgan fingerprint density at radius 1 is 1.38 bits per heavy atom. The third-order valence-corrected chi connectivity index (χ3v) is 3.19. The molecule has 0 N–H and O–H groups in total. The van der Waals surface area contributed by atoms with Crippen molar-refractivity contribution in [2.24, 2.45) is 5.92 Å². The number of hydrogen-bond donors (Lipinski definition) is 0. The van der Waals surface area contributed by atoms with Gasteiger partial charge < -0.3 is 9.47 Å². The van der Waals surface area contributed by atoms with E-state index >= 15 is 0 Å². The summed E-state index contributed by atoms with van der Waals surface area (Å²) in [4.78, 5) is 23.0. The first kappa shape index (κ1) is 13.1. The summed E-state index contributed by atoms with van der Waals surface area (Å²) in [7, 11) is 0. The molecule has 0 saturated carbocycles. The van der Waals surface area contributed by atoms with Crippen LogP contribution in [0, 0.1) is 5.92 Å². The first-order valence-corrected chi connectivity index (χ1v) is 6.38. The molecule has 0 amide bonds. The average Bonchev–Trinajstić information content (AvgIpc) is 2.30. The Balaban J connectivity index is 2.55. The van der Waals surface area contributed by atoms with Gasteiger partial charge in [0.1, 0.15) is 0 Å². The molecule has 0 aliphatic carbocycles. The molecule has 4 nitrogen and oxygen atoms in total. The van der Waals surface area contributed by atoms with E-state index in [0.717, 1.165) is 0 Å². The zero-order valence-corrected chi connectivity index (χ0v) is 10.3. The number of thioether (sulfide) groups is 1. The number of carbonyl (C=O) groups excluding carboxylic acids is 2. The van der Waals surface area contributed by atoms with Crippen molar-refractivity contribution in [3.05, 3.63) is 11.0 Å². The van der Waals surface area contributed by atoms with Crippen LogP contribution >= 0.6 is 11.8 Å². The van der Waals surface area contributed by atoms with E-state index in [0.29, 0.717) is 31.0 Å². The van der Waals surface area contributed by atoms with Gasteiger partial charge >= 0.3 is 11.9 Å². The molecule has 1 aliphatic heterocycles. The van der Waals surface area contributed by atoms with Crippen molar-refractivity contribution in [1.29, 1.82) is 0 Å². The normalized spacial score (nSPS) is 19.9. The second-order valence-electron chi connectivity index (χ2n) is 3.35. The number of carbonyl (C=O) groups is 2. The Morgan fingerprint density at radius 2 is 2.06 bits per heavy atom. The minimum atomic E-state index is -0.330. The van der Waals surface area contributed by atoms with Crippen molar-refractivity contribution in [3.63, 3.8) is 0 Å². The molecule has 1 aliphatic rings. The molecule has 1 rings (SSSR count). The molecule has 5 heteroatoms. The summed E-state index contributed by atoms with van der Waals surface area (Å²) in [6.07, 6.45) is 0.421. The monoisotopic (exact) mass is 244 g/mol. The van der Waals surface area contributed by atoms with Crippen molar-refractivity contribution in [2.75, 3.05) is 19.0 Å². The van der Waals surface area contributed by atoms with Crippen LogP contribution in [0.15, 0.2) is 11.0 Å². The van der Waals surface area contributed by atoms with Crippen molar-refractivity contribution in [1.82, 2.24) is 0 Å². The lowest BCUT2D eigenvalue weighted by molar-refractivity contribution is -0.147. The maximum Gasteiger partial charge on any atom is 0.334 e. The van der Waals surface area contributed by atoms with Gasteiger partial charge in [0, 0.05) is 11.3 Å². The summed E-state index contributed by atoms with van der Waals surface area (Å²) < 4.78 is 9.83. The lowest BCUT2D eigenvalue weighted by Crippen LogP contribution is -2.24. The van der Waals surface area contributed by atoms with Gasteiger partial charge in [-0.15, -0.1) is 11.8 Å². The highest BCUT2D eigenvalue weighted by Gasteiger charge is 2.27. The van der Waals surface area contributed by atoms with E-state index in [1.165, 1.54) is 11.8 Å². The van der Waals surface area contributed by atoms with E-state index in [4.69, 9.17) is 9.47 Å². The molecule has 0 bridgehead atoms. The van der Waals surface area contributed by atoms with E-state index < -0.39 is 0 Å². The van der Waals surface area contributed by atoms with Crippen molar-refractivity contribution >= 4 is 23.7 Å². The van der Waals surface area contributed by atoms with E-state index in [1.54, 1.807) is 19.3 Å². The predicted molar refractivity (Wildman–Crippen MR) is 61.9 cm³/mol. The Hall–Kier alpha value is -0.970. The Labute approximate surface area is 99.4 Å². The van der Waals surface area contributed by atoms with E-state index in [1.807, 2.05) is 0 Å². The molecule has 16 heavy (non-hydrogen) atoms. The van der Waals surface area contributed by atoms with Gasteiger partial charge in [0.2, 0.25) is 0 Å². The third kappa shape index (κ3) is 3.56. The van der Waals surface area contributed by atoms with Crippen LogP contribution < -0.4 is 0 Å². The van der Waals surface area contributed by atoms with Crippen LogP contribution in [0.5, 0.6) is 0 Å². The molecule has 0 aromatic heterocycles. The van der Waals surface area contributed by atoms with Gasteiger partial charge in [-0.2, -0.15) is 0 Å². The standard InChI is InChI=1S/C11H16O4S/c1-3-14-10(12)8-5-9(7-16-6-8)11(13)15-4-2/h6,9H,3-5,7H2,1-2H3/t9-/m0/s1. The number of hydrogen-bond acceptors (Lipinski definition) is 5. The highest BCUT2D eigenvalue weighted by Crippen LogP contribution is 2.27. The zero-order valence-electron chi connectivity index (χ0n) is 9.52. The van der Waals surface area contributed by atoms with Crippen LogP contribution in [0.1, 0.15) is 20.3 Å². The molecule has 0 fully saturated rings. The number of esters is 2. The fraction of sp³-hybridized carbons (Fsp3) is 0.636. The van der Waals surface area contributed by atoms with Crippen LogP contribution in [-0.4, -0.2) is 30.9 Å². The summed E-state index contributed by atoms with van der Waals surface area (Å²) in [6.45, 7) is 4.26. The number of rotatable bonds is 4. The highest BCUT2D eigenvalue weighted by atomic mass is 32.2. The van der Waals surface area contributed by atoms with Gasteiger partial charge in [-0.05, 0) is 25.7 Å². The van der Waals surface area contributed by atoms with Crippen LogP contribution in [0.4, 0.5) is 0 Å². The largest absolute Gasteiger partial charge is 0.466 e. The Morgan fingerprint density at radius 3 is 2.69 bits per heavy atom. The average molecular weight is 244 g/mol. The molecule has 0 aromatic carbocycles. The molecule has 1 heterocycles. The third-order valence-electron chi connectivity index (χ3n) is 2.15. The lowest BCUT2D eigenvalue weighted by Gasteiger charge is -2.19. The molecule has 0 aromatic rings. The molecule has 0 spiro atoms. The van der Waals surface area contributed by atoms with E-state index in [-0.39, 0.29) is 17.9 Å². The quantitative estimate of drug-likeness (QED) is 0.705. The molecule has 1 atom stereocenters. The van der Waals surface area contributed by atoms with Crippen molar-refractivity contribution in [3.8, 4) is 0 Å². The second kappa shape index (κ2) is 6.58. The van der Waals surface area contributed by atoms with E-state index in [9.17, 15) is 9.59 Å². The molecule has 0 unspecified atom stereocenters. The van der Waals surface area contributed by atoms with Gasteiger partial charge in [0.25, 0.3) is 0 Å². The summed E-state index contributed by atoms with van der Waals surface area (Å²) in [5, 5.41) is 1.77. The second-order valence-corrected chi connectivity index (χ2v) is 4.25. The fourth-order valence-corrected chi connectivity index (χ4v) is 2.38. The van der Waals surface area contributed by atoms with Gasteiger partial charge in [-0.3, -0.25) is 4.79 Å².